The Morgan fingerprint density at radius 3 is 2.42 bits per heavy atom. The number of piperidine rings is 1. The third-order valence-electron chi connectivity index (χ3n) is 7.05. The number of likely N-dealkylation sites (tertiary alicyclic amines) is 1. The number of Topliss-reactive ketones (excluding diaryl/α,β-unsaturated/α-hetero) is 1. The Labute approximate surface area is 204 Å². The average molecular weight is 469 g/mol. The fourth-order valence-electron chi connectivity index (χ4n) is 4.98. The first-order valence-electron chi connectivity index (χ1n) is 12.2. The minimum atomic E-state index is 0. The zero-order valence-corrected chi connectivity index (χ0v) is 20.8. The number of benzene rings is 2. The number of ketones is 1. The van der Waals surface area contributed by atoms with E-state index in [4.69, 9.17) is 0 Å². The molecule has 0 unspecified atom stereocenters. The largest absolute Gasteiger partial charge is 0.312 e. The van der Waals surface area contributed by atoms with Crippen LogP contribution in [0, 0.1) is 5.92 Å². The van der Waals surface area contributed by atoms with E-state index in [-0.39, 0.29) is 24.1 Å². The summed E-state index contributed by atoms with van der Waals surface area (Å²) in [6.45, 7) is 8.07. The molecular formula is C28H37ClN2O2. The molecule has 2 heterocycles. The quantitative estimate of drug-likeness (QED) is 0.454. The van der Waals surface area contributed by atoms with Gasteiger partial charge in [0.1, 0.15) is 0 Å². The fourth-order valence-corrected chi connectivity index (χ4v) is 4.98. The first-order chi connectivity index (χ1) is 15.5. The minimum Gasteiger partial charge on any atom is -0.312 e. The molecule has 178 valence electrons. The van der Waals surface area contributed by atoms with Gasteiger partial charge >= 0.3 is 0 Å². The van der Waals surface area contributed by atoms with E-state index < -0.39 is 0 Å². The molecular weight excluding hydrogens is 432 g/mol. The van der Waals surface area contributed by atoms with Crippen LogP contribution in [0.4, 0.5) is 5.69 Å². The molecule has 0 saturated carbocycles. The van der Waals surface area contributed by atoms with Gasteiger partial charge < -0.3 is 9.80 Å². The van der Waals surface area contributed by atoms with E-state index in [0.29, 0.717) is 24.7 Å². The molecule has 0 atom stereocenters. The van der Waals surface area contributed by atoms with Crippen LogP contribution in [0.3, 0.4) is 0 Å². The smallest absolute Gasteiger partial charge is 0.227 e. The maximum absolute atomic E-state index is 12.9. The number of rotatable bonds is 8. The monoisotopic (exact) mass is 468 g/mol. The van der Waals surface area contributed by atoms with Crippen LogP contribution in [0.5, 0.6) is 0 Å². The normalized spacial score (nSPS) is 17.1. The summed E-state index contributed by atoms with van der Waals surface area (Å²) in [5, 5.41) is 0. The Balaban J connectivity index is 0.00000306. The molecule has 1 saturated heterocycles. The highest BCUT2D eigenvalue weighted by Crippen LogP contribution is 2.30. The van der Waals surface area contributed by atoms with Crippen molar-refractivity contribution >= 4 is 29.8 Å². The third kappa shape index (κ3) is 6.45. The van der Waals surface area contributed by atoms with Gasteiger partial charge in [0, 0.05) is 37.2 Å². The highest BCUT2D eigenvalue weighted by molar-refractivity contribution is 6.00. The van der Waals surface area contributed by atoms with E-state index in [1.807, 2.05) is 23.1 Å². The van der Waals surface area contributed by atoms with Crippen LogP contribution in [-0.4, -0.2) is 42.8 Å². The SMILES string of the molecule is CC(C)CCN1C(=O)CCc2cc(C(=O)CCN3CCC(c4ccccc4)CC3)ccc21.Cl. The van der Waals surface area contributed by atoms with Crippen molar-refractivity contribution in [2.45, 2.75) is 58.3 Å². The van der Waals surface area contributed by atoms with Crippen molar-refractivity contribution in [3.8, 4) is 0 Å². The Morgan fingerprint density at radius 1 is 1.00 bits per heavy atom. The number of halogens is 1. The summed E-state index contributed by atoms with van der Waals surface area (Å²) in [7, 11) is 0. The van der Waals surface area contributed by atoms with Gasteiger partial charge in [-0.05, 0) is 79.9 Å². The summed E-state index contributed by atoms with van der Waals surface area (Å²) in [5.41, 5.74) is 4.38. The summed E-state index contributed by atoms with van der Waals surface area (Å²) in [5.74, 6) is 1.62. The molecule has 1 amide bonds. The molecule has 0 spiro atoms. The van der Waals surface area contributed by atoms with Gasteiger partial charge in [-0.3, -0.25) is 9.59 Å². The highest BCUT2D eigenvalue weighted by atomic mass is 35.5. The molecule has 0 aromatic heterocycles. The van der Waals surface area contributed by atoms with Crippen molar-refractivity contribution in [3.05, 3.63) is 65.2 Å². The molecule has 33 heavy (non-hydrogen) atoms. The molecule has 2 aromatic rings. The lowest BCUT2D eigenvalue weighted by molar-refractivity contribution is -0.118. The second-order valence-corrected chi connectivity index (χ2v) is 9.77. The van der Waals surface area contributed by atoms with Crippen LogP contribution < -0.4 is 4.90 Å². The van der Waals surface area contributed by atoms with Crippen LogP contribution in [-0.2, 0) is 11.2 Å². The summed E-state index contributed by atoms with van der Waals surface area (Å²) in [4.78, 5) is 29.7. The van der Waals surface area contributed by atoms with Crippen LogP contribution >= 0.6 is 12.4 Å². The zero-order chi connectivity index (χ0) is 22.5. The number of carbonyl (C=O) groups is 2. The van der Waals surface area contributed by atoms with Crippen LogP contribution in [0.1, 0.15) is 73.4 Å². The number of aryl methyl sites for hydroxylation is 1. The molecule has 2 aliphatic heterocycles. The van der Waals surface area contributed by atoms with Gasteiger partial charge in [0.05, 0.1) is 0 Å². The van der Waals surface area contributed by atoms with E-state index in [0.717, 1.165) is 68.7 Å². The highest BCUT2D eigenvalue weighted by Gasteiger charge is 2.25. The van der Waals surface area contributed by atoms with Gasteiger partial charge in [-0.1, -0.05) is 44.2 Å². The number of fused-ring (bicyclic) bond motifs is 1. The lowest BCUT2D eigenvalue weighted by atomic mass is 9.89. The first kappa shape index (κ1) is 25.5. The van der Waals surface area contributed by atoms with Gasteiger partial charge in [0.15, 0.2) is 5.78 Å². The Kier molecular flexibility index (Phi) is 9.10. The lowest BCUT2D eigenvalue weighted by Crippen LogP contribution is -2.36. The average Bonchev–Trinajstić information content (AvgIpc) is 2.82. The first-order valence-corrected chi connectivity index (χ1v) is 12.2. The predicted octanol–water partition coefficient (Wildman–Crippen LogP) is 5.89. The number of hydrogen-bond acceptors (Lipinski definition) is 3. The topological polar surface area (TPSA) is 40.6 Å². The molecule has 0 N–H and O–H groups in total. The molecule has 2 aromatic carbocycles. The Hall–Kier alpha value is -2.17. The number of hydrogen-bond donors (Lipinski definition) is 0. The van der Waals surface area contributed by atoms with Crippen molar-refractivity contribution in [2.75, 3.05) is 31.1 Å². The summed E-state index contributed by atoms with van der Waals surface area (Å²) < 4.78 is 0. The summed E-state index contributed by atoms with van der Waals surface area (Å²) in [6, 6.07) is 16.7. The Bertz CT molecular complexity index is 936. The van der Waals surface area contributed by atoms with E-state index in [1.165, 1.54) is 5.56 Å². The number of anilines is 1. The molecule has 0 radical (unpaired) electrons. The van der Waals surface area contributed by atoms with Crippen LogP contribution in [0.25, 0.3) is 0 Å². The van der Waals surface area contributed by atoms with Crippen LogP contribution in [0.2, 0.25) is 0 Å². The van der Waals surface area contributed by atoms with E-state index in [2.05, 4.69) is 49.1 Å². The molecule has 0 bridgehead atoms. The Morgan fingerprint density at radius 2 is 1.73 bits per heavy atom. The fraction of sp³-hybridized carbons (Fsp3) is 0.500. The van der Waals surface area contributed by atoms with Gasteiger partial charge in [-0.2, -0.15) is 0 Å². The third-order valence-corrected chi connectivity index (χ3v) is 7.05. The van der Waals surface area contributed by atoms with Crippen molar-refractivity contribution in [3.63, 3.8) is 0 Å². The minimum absolute atomic E-state index is 0. The van der Waals surface area contributed by atoms with Crippen molar-refractivity contribution in [2.24, 2.45) is 5.92 Å². The van der Waals surface area contributed by atoms with Crippen LogP contribution in [0.15, 0.2) is 48.5 Å². The molecule has 4 nitrogen and oxygen atoms in total. The van der Waals surface area contributed by atoms with Crippen molar-refractivity contribution < 1.29 is 9.59 Å². The van der Waals surface area contributed by atoms with Gasteiger partial charge in [-0.15, -0.1) is 12.4 Å². The lowest BCUT2D eigenvalue weighted by Gasteiger charge is -2.32. The zero-order valence-electron chi connectivity index (χ0n) is 20.0. The van der Waals surface area contributed by atoms with Crippen molar-refractivity contribution in [1.82, 2.24) is 4.90 Å². The number of carbonyl (C=O) groups excluding carboxylic acids is 2. The maximum Gasteiger partial charge on any atom is 0.227 e. The number of nitrogens with zero attached hydrogens (tertiary/aromatic N) is 2. The molecule has 1 fully saturated rings. The van der Waals surface area contributed by atoms with Gasteiger partial charge in [0.2, 0.25) is 5.91 Å². The van der Waals surface area contributed by atoms with E-state index >= 15 is 0 Å². The molecule has 5 heteroatoms. The van der Waals surface area contributed by atoms with Crippen molar-refractivity contribution in [1.29, 1.82) is 0 Å². The standard InChI is InChI=1S/C28H36N2O2.ClH/c1-21(2)12-19-30-26-10-8-25(20-24(26)9-11-28(30)32)27(31)15-18-29-16-13-23(14-17-29)22-6-4-3-5-7-22;/h3-8,10,20-21,23H,9,11-19H2,1-2H3;1H. The molecule has 0 aliphatic carbocycles. The molecule has 4 rings (SSSR count). The predicted molar refractivity (Wildman–Crippen MR) is 138 cm³/mol. The summed E-state index contributed by atoms with van der Waals surface area (Å²) >= 11 is 0. The maximum atomic E-state index is 12.9. The second kappa shape index (κ2) is 11.8. The second-order valence-electron chi connectivity index (χ2n) is 9.77. The summed E-state index contributed by atoms with van der Waals surface area (Å²) in [6.07, 6.45) is 5.16. The molecule has 2 aliphatic rings. The van der Waals surface area contributed by atoms with E-state index in [1.54, 1.807) is 0 Å². The van der Waals surface area contributed by atoms with Gasteiger partial charge in [0.25, 0.3) is 0 Å². The van der Waals surface area contributed by atoms with Gasteiger partial charge in [-0.25, -0.2) is 0 Å². The van der Waals surface area contributed by atoms with E-state index in [9.17, 15) is 9.59 Å². The number of amides is 1.